The fourth-order valence-corrected chi connectivity index (χ4v) is 4.65. The van der Waals surface area contributed by atoms with Crippen LogP contribution in [0.4, 0.5) is 4.39 Å². The fraction of sp³-hybridized carbons (Fsp3) is 0.400. The molecule has 0 bridgehead atoms. The van der Waals surface area contributed by atoms with Crippen LogP contribution in [0.5, 0.6) is 11.5 Å². The maximum absolute atomic E-state index is 14.3. The van der Waals surface area contributed by atoms with E-state index >= 15 is 0 Å². The van der Waals surface area contributed by atoms with Crippen molar-refractivity contribution in [2.24, 2.45) is 11.7 Å². The van der Waals surface area contributed by atoms with Crippen LogP contribution in [0.2, 0.25) is 0 Å². The summed E-state index contributed by atoms with van der Waals surface area (Å²) in [5, 5.41) is 1.05. The third-order valence-corrected chi connectivity index (χ3v) is 6.58. The third kappa shape index (κ3) is 3.93. The summed E-state index contributed by atoms with van der Waals surface area (Å²) in [5.74, 6) is 0.563. The van der Waals surface area contributed by atoms with Gasteiger partial charge in [-0.2, -0.15) is 0 Å². The second kappa shape index (κ2) is 8.47. The molecule has 6 nitrogen and oxygen atoms in total. The zero-order chi connectivity index (χ0) is 22.2. The molecule has 2 aliphatic rings. The molecule has 0 saturated heterocycles. The molecule has 1 aromatic heterocycles. The number of carbonyl (C=O) groups is 1. The molecule has 2 aromatic carbocycles. The quantitative estimate of drug-likeness (QED) is 0.577. The Morgan fingerprint density at radius 1 is 1.28 bits per heavy atom. The lowest BCUT2D eigenvalue weighted by atomic mass is 9.95. The second-order valence-electron chi connectivity index (χ2n) is 8.72. The van der Waals surface area contributed by atoms with Crippen molar-refractivity contribution in [3.8, 4) is 11.5 Å². The number of hydrogen-bond acceptors (Lipinski definition) is 5. The van der Waals surface area contributed by atoms with E-state index in [0.29, 0.717) is 30.1 Å². The Kier molecular flexibility index (Phi) is 5.51. The third-order valence-electron chi connectivity index (χ3n) is 6.58. The largest absolute Gasteiger partial charge is 0.493 e. The molecular weight excluding hydrogens is 411 g/mol. The summed E-state index contributed by atoms with van der Waals surface area (Å²) in [4.78, 5) is 14.3. The van der Waals surface area contributed by atoms with Crippen LogP contribution in [0, 0.1) is 11.7 Å². The average Bonchev–Trinajstić information content (AvgIpc) is 3.53. The number of fused-ring (bicyclic) bond motifs is 2. The molecule has 1 unspecified atom stereocenters. The summed E-state index contributed by atoms with van der Waals surface area (Å²) in [6, 6.07) is 8.66. The molecule has 2 heterocycles. The highest BCUT2D eigenvalue weighted by molar-refractivity contribution is 5.95. The number of nitrogens with two attached hydrogens (primary N) is 1. The first kappa shape index (κ1) is 20.8. The molecular formula is C25H27FN2O4. The summed E-state index contributed by atoms with van der Waals surface area (Å²) in [6.45, 7) is 2.16. The van der Waals surface area contributed by atoms with E-state index in [1.807, 2.05) is 18.2 Å². The van der Waals surface area contributed by atoms with Crippen LogP contribution in [-0.2, 0) is 12.8 Å². The maximum Gasteiger partial charge on any atom is 0.249 e. The van der Waals surface area contributed by atoms with E-state index in [1.54, 1.807) is 13.4 Å². The van der Waals surface area contributed by atoms with Crippen molar-refractivity contribution in [3.63, 3.8) is 0 Å². The highest BCUT2D eigenvalue weighted by Crippen LogP contribution is 2.36. The Hall–Kier alpha value is -3.06. The number of hydrogen-bond donors (Lipinski definition) is 1. The SMILES string of the molecule is COc1cccc2c(CCN(CC3CC3)C3COc4c(F)ccc(C(N)=O)c4C3)coc12. The average molecular weight is 438 g/mol. The summed E-state index contributed by atoms with van der Waals surface area (Å²) in [5.41, 5.74) is 8.35. The highest BCUT2D eigenvalue weighted by Gasteiger charge is 2.33. The standard InChI is InChI=1S/C25H27FN2O4/c1-30-22-4-2-3-18-16(13-31-24(18)22)9-10-28(12-15-5-6-15)17-11-20-19(25(27)29)7-8-21(26)23(20)32-14-17/h2-4,7-8,13,15,17H,5-6,9-12,14H2,1H3,(H2,27,29). The second-order valence-corrected chi connectivity index (χ2v) is 8.72. The van der Waals surface area contributed by atoms with Crippen LogP contribution in [0.3, 0.4) is 0 Å². The van der Waals surface area contributed by atoms with Gasteiger partial charge in [0.2, 0.25) is 5.91 Å². The molecule has 5 rings (SSSR count). The molecule has 3 aromatic rings. The number of methoxy groups -OCH3 is 1. The van der Waals surface area contributed by atoms with Gasteiger partial charge in [-0.1, -0.05) is 12.1 Å². The minimum absolute atomic E-state index is 0.0516. The molecule has 0 spiro atoms. The molecule has 7 heteroatoms. The van der Waals surface area contributed by atoms with Gasteiger partial charge in [-0.15, -0.1) is 0 Å². The van der Waals surface area contributed by atoms with Crippen molar-refractivity contribution in [2.45, 2.75) is 31.7 Å². The van der Waals surface area contributed by atoms with Gasteiger partial charge in [0.25, 0.3) is 0 Å². The molecule has 32 heavy (non-hydrogen) atoms. The minimum Gasteiger partial charge on any atom is -0.493 e. The number of nitrogens with zero attached hydrogens (tertiary/aromatic N) is 1. The molecule has 1 aliphatic carbocycles. The highest BCUT2D eigenvalue weighted by atomic mass is 19.1. The summed E-state index contributed by atoms with van der Waals surface area (Å²) < 4.78 is 31.3. The van der Waals surface area contributed by atoms with E-state index in [-0.39, 0.29) is 11.8 Å². The van der Waals surface area contributed by atoms with Gasteiger partial charge in [0.15, 0.2) is 22.9 Å². The van der Waals surface area contributed by atoms with Gasteiger partial charge >= 0.3 is 0 Å². The van der Waals surface area contributed by atoms with Crippen molar-refractivity contribution in [1.29, 1.82) is 0 Å². The van der Waals surface area contributed by atoms with Crippen molar-refractivity contribution < 1.29 is 23.1 Å². The first-order valence-corrected chi connectivity index (χ1v) is 11.1. The van der Waals surface area contributed by atoms with Crippen LogP contribution >= 0.6 is 0 Å². The Bertz CT molecular complexity index is 1150. The lowest BCUT2D eigenvalue weighted by Crippen LogP contribution is -2.45. The van der Waals surface area contributed by atoms with Gasteiger partial charge in [-0.05, 0) is 55.4 Å². The van der Waals surface area contributed by atoms with E-state index < -0.39 is 11.7 Å². The predicted molar refractivity (Wildman–Crippen MR) is 119 cm³/mol. The van der Waals surface area contributed by atoms with Crippen molar-refractivity contribution >= 4 is 16.9 Å². The number of benzene rings is 2. The molecule has 1 aliphatic heterocycles. The number of halogens is 1. The number of primary amides is 1. The number of para-hydroxylation sites is 1. The van der Waals surface area contributed by atoms with Gasteiger partial charge in [0, 0.05) is 35.6 Å². The Labute approximate surface area is 186 Å². The molecule has 168 valence electrons. The molecule has 0 radical (unpaired) electrons. The van der Waals surface area contributed by atoms with E-state index in [2.05, 4.69) is 4.90 Å². The van der Waals surface area contributed by atoms with E-state index in [1.165, 1.54) is 25.0 Å². The summed E-state index contributed by atoms with van der Waals surface area (Å²) >= 11 is 0. The first-order chi connectivity index (χ1) is 15.5. The van der Waals surface area contributed by atoms with Crippen molar-refractivity contribution in [2.75, 3.05) is 26.8 Å². The van der Waals surface area contributed by atoms with Gasteiger partial charge in [-0.3, -0.25) is 9.69 Å². The Morgan fingerprint density at radius 2 is 2.12 bits per heavy atom. The molecule has 1 saturated carbocycles. The van der Waals surface area contributed by atoms with E-state index in [0.717, 1.165) is 41.8 Å². The maximum atomic E-state index is 14.3. The Morgan fingerprint density at radius 3 is 2.88 bits per heavy atom. The fourth-order valence-electron chi connectivity index (χ4n) is 4.65. The zero-order valence-corrected chi connectivity index (χ0v) is 18.1. The number of furan rings is 1. The summed E-state index contributed by atoms with van der Waals surface area (Å²) in [6.07, 6.45) is 5.61. The van der Waals surface area contributed by atoms with Crippen molar-refractivity contribution in [1.82, 2.24) is 4.90 Å². The monoisotopic (exact) mass is 438 g/mol. The zero-order valence-electron chi connectivity index (χ0n) is 18.1. The van der Waals surface area contributed by atoms with E-state index in [4.69, 9.17) is 19.6 Å². The van der Waals surface area contributed by atoms with Crippen molar-refractivity contribution in [3.05, 3.63) is 59.1 Å². The number of ether oxygens (including phenoxy) is 2. The molecule has 1 atom stereocenters. The smallest absolute Gasteiger partial charge is 0.249 e. The molecule has 1 amide bonds. The van der Waals surface area contributed by atoms with Gasteiger partial charge in [0.05, 0.1) is 13.4 Å². The van der Waals surface area contributed by atoms with Gasteiger partial charge in [-0.25, -0.2) is 4.39 Å². The van der Waals surface area contributed by atoms with E-state index in [9.17, 15) is 9.18 Å². The predicted octanol–water partition coefficient (Wildman–Crippen LogP) is 3.94. The number of carbonyl (C=O) groups excluding carboxylic acids is 1. The Balaban J connectivity index is 1.37. The lowest BCUT2D eigenvalue weighted by molar-refractivity contribution is 0.0982. The van der Waals surface area contributed by atoms with Crippen LogP contribution in [0.25, 0.3) is 11.0 Å². The number of rotatable bonds is 8. The van der Waals surface area contributed by atoms with Gasteiger partial charge < -0.3 is 19.6 Å². The number of amides is 1. The molecule has 1 fully saturated rings. The first-order valence-electron chi connectivity index (χ1n) is 11.1. The normalized spacial score (nSPS) is 17.9. The minimum atomic E-state index is -0.557. The van der Waals surface area contributed by atoms with Crippen LogP contribution in [-0.4, -0.2) is 43.7 Å². The lowest BCUT2D eigenvalue weighted by Gasteiger charge is -2.36. The van der Waals surface area contributed by atoms with Crippen LogP contribution < -0.4 is 15.2 Å². The van der Waals surface area contributed by atoms with Crippen LogP contribution in [0.15, 0.2) is 41.0 Å². The molecule has 2 N–H and O–H groups in total. The summed E-state index contributed by atoms with van der Waals surface area (Å²) in [7, 11) is 1.64. The van der Waals surface area contributed by atoms with Gasteiger partial charge in [0.1, 0.15) is 6.61 Å². The topological polar surface area (TPSA) is 77.9 Å². The van der Waals surface area contributed by atoms with Crippen LogP contribution in [0.1, 0.15) is 34.3 Å².